The number of hydrogen-bond acceptors (Lipinski definition) is 3. The Hall–Kier alpha value is -3.41. The van der Waals surface area contributed by atoms with Gasteiger partial charge >= 0.3 is 0 Å². The van der Waals surface area contributed by atoms with Gasteiger partial charge in [-0.15, -0.1) is 0 Å². The second kappa shape index (κ2) is 8.95. The molecule has 0 saturated heterocycles. The number of aromatic nitrogens is 2. The first kappa shape index (κ1) is 21.3. The van der Waals surface area contributed by atoms with Gasteiger partial charge in [0.05, 0.1) is 12.2 Å². The molecule has 3 aromatic rings. The Morgan fingerprint density at radius 1 is 1.00 bits per heavy atom. The van der Waals surface area contributed by atoms with Crippen LogP contribution in [-0.2, 0) is 11.3 Å². The van der Waals surface area contributed by atoms with Gasteiger partial charge in [0.1, 0.15) is 0 Å². The minimum atomic E-state index is -0.194. The minimum absolute atomic E-state index is 0.0621. The summed E-state index contributed by atoms with van der Waals surface area (Å²) in [7, 11) is 0. The lowest BCUT2D eigenvalue weighted by Crippen LogP contribution is -2.18. The quantitative estimate of drug-likeness (QED) is 0.625. The van der Waals surface area contributed by atoms with E-state index in [-0.39, 0.29) is 17.7 Å². The van der Waals surface area contributed by atoms with Crippen LogP contribution >= 0.6 is 0 Å². The van der Waals surface area contributed by atoms with E-state index in [2.05, 4.69) is 15.7 Å². The zero-order valence-electron chi connectivity index (χ0n) is 18.1. The average Bonchev–Trinajstić information content (AvgIpc) is 3.01. The number of nitrogens with zero attached hydrogens (tertiary/aromatic N) is 2. The SMILES string of the molecule is Cc1cc(C)n(Cc2cccc(C(=O)Nc3cc(NC(=O)C(C)C)ccc3C)c2)n1. The second-order valence-corrected chi connectivity index (χ2v) is 7.91. The third kappa shape index (κ3) is 5.14. The summed E-state index contributed by atoms with van der Waals surface area (Å²) in [6, 6.07) is 15.1. The molecule has 2 N–H and O–H groups in total. The summed E-state index contributed by atoms with van der Waals surface area (Å²) in [4.78, 5) is 24.8. The van der Waals surface area contributed by atoms with E-state index in [0.29, 0.717) is 23.5 Å². The van der Waals surface area contributed by atoms with Crippen molar-refractivity contribution in [2.24, 2.45) is 5.92 Å². The summed E-state index contributed by atoms with van der Waals surface area (Å²) in [6.07, 6.45) is 0. The molecule has 30 heavy (non-hydrogen) atoms. The van der Waals surface area contributed by atoms with Crippen LogP contribution in [0, 0.1) is 26.7 Å². The van der Waals surface area contributed by atoms with Crippen molar-refractivity contribution >= 4 is 23.2 Å². The molecule has 3 rings (SSSR count). The Bertz CT molecular complexity index is 1080. The molecular formula is C24H28N4O2. The molecule has 1 heterocycles. The fraction of sp³-hybridized carbons (Fsp3) is 0.292. The van der Waals surface area contributed by atoms with Gasteiger partial charge in [0.25, 0.3) is 5.91 Å². The Morgan fingerprint density at radius 2 is 1.77 bits per heavy atom. The van der Waals surface area contributed by atoms with Crippen LogP contribution in [0.1, 0.15) is 46.7 Å². The van der Waals surface area contributed by atoms with E-state index in [0.717, 1.165) is 22.5 Å². The fourth-order valence-electron chi connectivity index (χ4n) is 3.13. The molecule has 0 radical (unpaired) electrons. The maximum atomic E-state index is 12.9. The summed E-state index contributed by atoms with van der Waals surface area (Å²) in [5.41, 5.74) is 5.89. The van der Waals surface area contributed by atoms with Gasteiger partial charge < -0.3 is 10.6 Å². The number of carbonyl (C=O) groups is 2. The van der Waals surface area contributed by atoms with Crippen molar-refractivity contribution in [2.75, 3.05) is 10.6 Å². The molecule has 0 unspecified atom stereocenters. The second-order valence-electron chi connectivity index (χ2n) is 7.91. The fourth-order valence-corrected chi connectivity index (χ4v) is 3.13. The summed E-state index contributed by atoms with van der Waals surface area (Å²) >= 11 is 0. The Morgan fingerprint density at radius 3 is 2.43 bits per heavy atom. The Balaban J connectivity index is 1.76. The van der Waals surface area contributed by atoms with E-state index in [4.69, 9.17) is 0 Å². The van der Waals surface area contributed by atoms with Crippen LogP contribution in [-0.4, -0.2) is 21.6 Å². The van der Waals surface area contributed by atoms with Crippen LogP contribution in [0.15, 0.2) is 48.5 Å². The van der Waals surface area contributed by atoms with Crippen LogP contribution in [0.4, 0.5) is 11.4 Å². The molecule has 156 valence electrons. The Kier molecular flexibility index (Phi) is 6.35. The zero-order valence-corrected chi connectivity index (χ0v) is 18.1. The first-order chi connectivity index (χ1) is 14.2. The summed E-state index contributed by atoms with van der Waals surface area (Å²) in [6.45, 7) is 10.2. The first-order valence-corrected chi connectivity index (χ1v) is 10.1. The summed E-state index contributed by atoms with van der Waals surface area (Å²) in [5, 5.41) is 10.3. The molecule has 0 spiro atoms. The van der Waals surface area contributed by atoms with E-state index in [9.17, 15) is 9.59 Å². The van der Waals surface area contributed by atoms with Gasteiger partial charge in [-0.1, -0.05) is 32.0 Å². The number of hydrogen-bond donors (Lipinski definition) is 2. The highest BCUT2D eigenvalue weighted by molar-refractivity contribution is 6.05. The molecule has 2 amide bonds. The molecule has 0 bridgehead atoms. The van der Waals surface area contributed by atoms with Crippen molar-refractivity contribution < 1.29 is 9.59 Å². The molecular weight excluding hydrogens is 376 g/mol. The maximum absolute atomic E-state index is 12.9. The van der Waals surface area contributed by atoms with Gasteiger partial charge in [0, 0.05) is 28.6 Å². The van der Waals surface area contributed by atoms with Gasteiger partial charge in [0.2, 0.25) is 5.91 Å². The van der Waals surface area contributed by atoms with E-state index in [1.807, 2.05) is 75.7 Å². The van der Waals surface area contributed by atoms with Gasteiger partial charge in [-0.25, -0.2) is 0 Å². The average molecular weight is 405 g/mol. The number of anilines is 2. The molecule has 0 aliphatic heterocycles. The number of nitrogens with one attached hydrogen (secondary N) is 2. The van der Waals surface area contributed by atoms with Gasteiger partial charge in [-0.05, 0) is 62.2 Å². The predicted octanol–water partition coefficient (Wildman–Crippen LogP) is 4.70. The molecule has 1 aromatic heterocycles. The highest BCUT2D eigenvalue weighted by Crippen LogP contribution is 2.22. The third-order valence-electron chi connectivity index (χ3n) is 4.90. The smallest absolute Gasteiger partial charge is 0.255 e. The Labute approximate surface area is 177 Å². The monoisotopic (exact) mass is 404 g/mol. The molecule has 6 nitrogen and oxygen atoms in total. The predicted molar refractivity (Wildman–Crippen MR) is 120 cm³/mol. The molecule has 6 heteroatoms. The highest BCUT2D eigenvalue weighted by atomic mass is 16.2. The van der Waals surface area contributed by atoms with Crippen molar-refractivity contribution in [1.29, 1.82) is 0 Å². The largest absolute Gasteiger partial charge is 0.326 e. The number of rotatable bonds is 6. The van der Waals surface area contributed by atoms with Crippen LogP contribution in [0.2, 0.25) is 0 Å². The van der Waals surface area contributed by atoms with Gasteiger partial charge in [-0.2, -0.15) is 5.10 Å². The lowest BCUT2D eigenvalue weighted by molar-refractivity contribution is -0.118. The topological polar surface area (TPSA) is 76.0 Å². The zero-order chi connectivity index (χ0) is 21.8. The van der Waals surface area contributed by atoms with Crippen molar-refractivity contribution in [1.82, 2.24) is 9.78 Å². The van der Waals surface area contributed by atoms with Crippen molar-refractivity contribution in [2.45, 2.75) is 41.2 Å². The van der Waals surface area contributed by atoms with Crippen LogP contribution in [0.25, 0.3) is 0 Å². The van der Waals surface area contributed by atoms with E-state index >= 15 is 0 Å². The number of aryl methyl sites for hydroxylation is 3. The first-order valence-electron chi connectivity index (χ1n) is 10.1. The minimum Gasteiger partial charge on any atom is -0.326 e. The van der Waals surface area contributed by atoms with Crippen LogP contribution in [0.5, 0.6) is 0 Å². The van der Waals surface area contributed by atoms with Gasteiger partial charge in [-0.3, -0.25) is 14.3 Å². The van der Waals surface area contributed by atoms with Gasteiger partial charge in [0.15, 0.2) is 0 Å². The molecule has 0 fully saturated rings. The van der Waals surface area contributed by atoms with Crippen molar-refractivity contribution in [3.63, 3.8) is 0 Å². The standard InChI is InChI=1S/C24H28N4O2/c1-15(2)23(29)25-21-10-9-16(3)22(13-21)26-24(30)20-8-6-7-19(12-20)14-28-18(5)11-17(4)27-28/h6-13,15H,14H2,1-5H3,(H,25,29)(H,26,30). The third-order valence-corrected chi connectivity index (χ3v) is 4.90. The highest BCUT2D eigenvalue weighted by Gasteiger charge is 2.12. The van der Waals surface area contributed by atoms with Crippen molar-refractivity contribution in [3.05, 3.63) is 76.6 Å². The number of carbonyl (C=O) groups excluding carboxylic acids is 2. The molecule has 0 saturated carbocycles. The lowest BCUT2D eigenvalue weighted by atomic mass is 10.1. The maximum Gasteiger partial charge on any atom is 0.255 e. The van der Waals surface area contributed by atoms with E-state index in [1.165, 1.54) is 0 Å². The lowest BCUT2D eigenvalue weighted by Gasteiger charge is -2.13. The van der Waals surface area contributed by atoms with Crippen LogP contribution in [0.3, 0.4) is 0 Å². The van der Waals surface area contributed by atoms with Crippen molar-refractivity contribution in [3.8, 4) is 0 Å². The van der Waals surface area contributed by atoms with E-state index in [1.54, 1.807) is 12.1 Å². The number of amides is 2. The van der Waals surface area contributed by atoms with Crippen LogP contribution < -0.4 is 10.6 Å². The summed E-state index contributed by atoms with van der Waals surface area (Å²) < 4.78 is 1.93. The molecule has 0 aliphatic rings. The van der Waals surface area contributed by atoms with E-state index < -0.39 is 0 Å². The number of benzene rings is 2. The molecule has 0 aliphatic carbocycles. The molecule has 0 atom stereocenters. The summed E-state index contributed by atoms with van der Waals surface area (Å²) in [5.74, 6) is -0.372. The molecule has 2 aromatic carbocycles. The normalized spacial score (nSPS) is 10.9.